The molecule has 1 heteroatoms. The minimum Gasteiger partial charge on any atom is -0.344 e. The van der Waals surface area contributed by atoms with Crippen molar-refractivity contribution < 1.29 is 0 Å². The van der Waals surface area contributed by atoms with Crippen LogP contribution in [-0.4, -0.2) is 4.57 Å². The first-order chi connectivity index (χ1) is 4.93. The highest BCUT2D eigenvalue weighted by Gasteiger charge is 2.15. The molecule has 1 nitrogen and oxygen atoms in total. The zero-order valence-electron chi connectivity index (χ0n) is 8.10. The van der Waals surface area contributed by atoms with E-state index >= 15 is 0 Å². The van der Waals surface area contributed by atoms with Crippen LogP contribution in [0.5, 0.6) is 0 Å². The van der Waals surface area contributed by atoms with Gasteiger partial charge < -0.3 is 4.57 Å². The lowest BCUT2D eigenvalue weighted by atomic mass is 10.1. The molecule has 0 saturated heterocycles. The molecule has 0 N–H and O–H groups in total. The monoisotopic (exact) mass is 167 g/mol. The number of hydrogen-bond acceptors (Lipinski definition) is 0. The predicted octanol–water partition coefficient (Wildman–Crippen LogP) is 3.50. The van der Waals surface area contributed by atoms with Crippen LogP contribution in [0, 0.1) is 13.8 Å². The van der Waals surface area contributed by atoms with Crippen LogP contribution < -0.4 is 0 Å². The van der Waals surface area contributed by atoms with Gasteiger partial charge in [-0.15, -0.1) is 0 Å². The first-order valence-corrected chi connectivity index (χ1v) is 4.08. The summed E-state index contributed by atoms with van der Waals surface area (Å²) in [6.07, 6.45) is 0. The van der Waals surface area contributed by atoms with Crippen molar-refractivity contribution in [1.29, 1.82) is 0 Å². The zero-order chi connectivity index (χ0) is 8.65. The van der Waals surface area contributed by atoms with Crippen molar-refractivity contribution in [2.45, 2.75) is 47.6 Å². The third kappa shape index (κ3) is 1.90. The third-order valence-corrected chi connectivity index (χ3v) is 1.94. The number of hydrogen-bond donors (Lipinski definition) is 0. The minimum atomic E-state index is 0. The van der Waals surface area contributed by atoms with Crippen molar-refractivity contribution in [3.8, 4) is 0 Å². The summed E-state index contributed by atoms with van der Waals surface area (Å²) >= 11 is 0. The quantitative estimate of drug-likeness (QED) is 0.557. The highest BCUT2D eigenvalue weighted by atomic mass is 15.1. The van der Waals surface area contributed by atoms with E-state index in [0.29, 0.717) is 0 Å². The second-order valence-corrected chi connectivity index (χ2v) is 4.12. The van der Waals surface area contributed by atoms with Crippen molar-refractivity contribution in [2.24, 2.45) is 0 Å². The van der Waals surface area contributed by atoms with E-state index in [-0.39, 0.29) is 13.0 Å². The predicted molar refractivity (Wildman–Crippen MR) is 55.6 cm³/mol. The lowest BCUT2D eigenvalue weighted by Crippen LogP contribution is -2.23. The van der Waals surface area contributed by atoms with Gasteiger partial charge in [-0.05, 0) is 46.8 Å². The van der Waals surface area contributed by atoms with Gasteiger partial charge in [-0.1, -0.05) is 7.43 Å². The highest BCUT2D eigenvalue weighted by Crippen LogP contribution is 2.20. The summed E-state index contributed by atoms with van der Waals surface area (Å²) in [7, 11) is 0. The van der Waals surface area contributed by atoms with Gasteiger partial charge in [0.25, 0.3) is 0 Å². The summed E-state index contributed by atoms with van der Waals surface area (Å²) in [6.45, 7) is 11.0. The maximum atomic E-state index is 2.35. The molecule has 0 aliphatic carbocycles. The van der Waals surface area contributed by atoms with Crippen LogP contribution in [0.1, 0.15) is 39.6 Å². The summed E-state index contributed by atoms with van der Waals surface area (Å²) in [6, 6.07) is 4.33. The smallest absolute Gasteiger partial charge is 0.0360 e. The first kappa shape index (κ1) is 11.3. The van der Waals surface area contributed by atoms with Gasteiger partial charge in [0.2, 0.25) is 0 Å². The van der Waals surface area contributed by atoms with Gasteiger partial charge in [0, 0.05) is 16.9 Å². The lowest BCUT2D eigenvalue weighted by Gasteiger charge is -2.25. The van der Waals surface area contributed by atoms with Gasteiger partial charge in [-0.3, -0.25) is 0 Å². The van der Waals surface area contributed by atoms with Crippen LogP contribution in [-0.2, 0) is 5.54 Å². The fourth-order valence-electron chi connectivity index (χ4n) is 1.73. The van der Waals surface area contributed by atoms with Gasteiger partial charge in [-0.25, -0.2) is 0 Å². The summed E-state index contributed by atoms with van der Waals surface area (Å²) in [5.74, 6) is 0. The van der Waals surface area contributed by atoms with Crippen LogP contribution in [0.25, 0.3) is 0 Å². The maximum Gasteiger partial charge on any atom is 0.0360 e. The Kier molecular flexibility index (Phi) is 3.14. The summed E-state index contributed by atoms with van der Waals surface area (Å²) in [5, 5.41) is 0. The van der Waals surface area contributed by atoms with E-state index in [2.05, 4.69) is 51.3 Å². The number of rotatable bonds is 0. The van der Waals surface area contributed by atoms with Crippen LogP contribution in [0.15, 0.2) is 12.1 Å². The highest BCUT2D eigenvalue weighted by molar-refractivity contribution is 5.16. The van der Waals surface area contributed by atoms with Gasteiger partial charge in [0.05, 0.1) is 0 Å². The van der Waals surface area contributed by atoms with Crippen LogP contribution in [0.3, 0.4) is 0 Å². The third-order valence-electron chi connectivity index (χ3n) is 1.94. The summed E-state index contributed by atoms with van der Waals surface area (Å²) < 4.78 is 2.35. The standard InChI is InChI=1S/C10H17N.CH4/c1-8-6-7-9(2)11(8)10(3,4)5;/h6-7H,1-5H3;1H4. The molecule has 1 heterocycles. The number of aryl methyl sites for hydroxylation is 2. The molecule has 0 radical (unpaired) electrons. The van der Waals surface area contributed by atoms with Gasteiger partial charge in [0.15, 0.2) is 0 Å². The molecule has 0 bridgehead atoms. The molecular formula is C11H21N. The Bertz CT molecular complexity index is 231. The van der Waals surface area contributed by atoms with Crippen molar-refractivity contribution in [3.63, 3.8) is 0 Å². The lowest BCUT2D eigenvalue weighted by molar-refractivity contribution is 0.383. The van der Waals surface area contributed by atoms with Crippen molar-refractivity contribution in [1.82, 2.24) is 4.57 Å². The molecule has 0 aromatic carbocycles. The molecule has 0 saturated carbocycles. The average Bonchev–Trinajstić information content (AvgIpc) is 2.08. The fourth-order valence-corrected chi connectivity index (χ4v) is 1.73. The molecule has 0 spiro atoms. The van der Waals surface area contributed by atoms with Crippen LogP contribution >= 0.6 is 0 Å². The molecule has 1 rings (SSSR count). The number of nitrogens with zero attached hydrogens (tertiary/aromatic N) is 1. The molecule has 0 unspecified atom stereocenters. The number of aromatic nitrogens is 1. The van der Waals surface area contributed by atoms with Crippen LogP contribution in [0.4, 0.5) is 0 Å². The SMILES string of the molecule is C.Cc1ccc(C)n1C(C)(C)C. The molecule has 1 aromatic heterocycles. The van der Waals surface area contributed by atoms with E-state index in [1.807, 2.05) is 0 Å². The normalized spacial score (nSPS) is 11.1. The van der Waals surface area contributed by atoms with Crippen molar-refractivity contribution in [2.75, 3.05) is 0 Å². The Hall–Kier alpha value is -0.720. The maximum absolute atomic E-state index is 2.35. The van der Waals surface area contributed by atoms with E-state index in [1.54, 1.807) is 0 Å². The van der Waals surface area contributed by atoms with E-state index in [1.165, 1.54) is 11.4 Å². The molecule has 0 fully saturated rings. The fraction of sp³-hybridized carbons (Fsp3) is 0.636. The second kappa shape index (κ2) is 3.34. The molecule has 0 atom stereocenters. The van der Waals surface area contributed by atoms with E-state index < -0.39 is 0 Å². The van der Waals surface area contributed by atoms with E-state index in [0.717, 1.165) is 0 Å². The topological polar surface area (TPSA) is 4.93 Å². The summed E-state index contributed by atoms with van der Waals surface area (Å²) in [4.78, 5) is 0. The molecule has 1 aromatic rings. The Labute approximate surface area is 76.4 Å². The molecule has 70 valence electrons. The summed E-state index contributed by atoms with van der Waals surface area (Å²) in [5.41, 5.74) is 2.91. The Morgan fingerprint density at radius 3 is 1.50 bits per heavy atom. The second-order valence-electron chi connectivity index (χ2n) is 4.12. The largest absolute Gasteiger partial charge is 0.344 e. The Morgan fingerprint density at radius 1 is 1.00 bits per heavy atom. The Balaban J connectivity index is 0.00000121. The first-order valence-electron chi connectivity index (χ1n) is 4.08. The Morgan fingerprint density at radius 2 is 1.33 bits per heavy atom. The minimum absolute atomic E-state index is 0. The van der Waals surface area contributed by atoms with E-state index in [4.69, 9.17) is 0 Å². The van der Waals surface area contributed by atoms with Gasteiger partial charge in [-0.2, -0.15) is 0 Å². The van der Waals surface area contributed by atoms with Gasteiger partial charge in [0.1, 0.15) is 0 Å². The molecule has 0 aliphatic rings. The van der Waals surface area contributed by atoms with Crippen molar-refractivity contribution in [3.05, 3.63) is 23.5 Å². The van der Waals surface area contributed by atoms with Crippen molar-refractivity contribution >= 4 is 0 Å². The van der Waals surface area contributed by atoms with E-state index in [9.17, 15) is 0 Å². The zero-order valence-corrected chi connectivity index (χ0v) is 8.10. The molecule has 0 amide bonds. The molecule has 0 aliphatic heterocycles. The molecular weight excluding hydrogens is 146 g/mol. The van der Waals surface area contributed by atoms with Gasteiger partial charge >= 0.3 is 0 Å². The average molecular weight is 167 g/mol. The molecule has 12 heavy (non-hydrogen) atoms. The van der Waals surface area contributed by atoms with Crippen LogP contribution in [0.2, 0.25) is 0 Å².